The van der Waals surface area contributed by atoms with Gasteiger partial charge in [-0.05, 0) is 38.8 Å². The minimum Gasteiger partial charge on any atom is -0.461 e. The molecule has 0 amide bonds. The predicted molar refractivity (Wildman–Crippen MR) is 99.1 cm³/mol. The Morgan fingerprint density at radius 1 is 1.48 bits per heavy atom. The molecular formula is C19H23N3O2S. The average molecular weight is 357 g/mol. The van der Waals surface area contributed by atoms with Crippen LogP contribution in [-0.4, -0.2) is 35.4 Å². The van der Waals surface area contributed by atoms with Crippen molar-refractivity contribution in [1.29, 1.82) is 0 Å². The molecule has 0 radical (unpaired) electrons. The summed E-state index contributed by atoms with van der Waals surface area (Å²) in [5.74, 6) is 0.458. The second-order valence-electron chi connectivity index (χ2n) is 6.58. The Hall–Kier alpha value is -1.79. The van der Waals surface area contributed by atoms with Crippen molar-refractivity contribution >= 4 is 17.7 Å². The van der Waals surface area contributed by atoms with Crippen molar-refractivity contribution < 1.29 is 9.53 Å². The molecule has 2 aliphatic rings. The normalized spacial score (nSPS) is 19.2. The maximum Gasteiger partial charge on any atom is 0.359 e. The molecule has 0 saturated carbocycles. The van der Waals surface area contributed by atoms with Crippen molar-refractivity contribution in [2.24, 2.45) is 0 Å². The van der Waals surface area contributed by atoms with Crippen molar-refractivity contribution in [2.45, 2.75) is 43.4 Å². The number of carbonyl (C=O) groups excluding carboxylic acids is 1. The van der Waals surface area contributed by atoms with Gasteiger partial charge in [-0.25, -0.2) is 4.79 Å². The Labute approximate surface area is 152 Å². The summed E-state index contributed by atoms with van der Waals surface area (Å²) >= 11 is 1.79. The molecule has 1 atom stereocenters. The van der Waals surface area contributed by atoms with Crippen LogP contribution in [0.3, 0.4) is 0 Å². The summed E-state index contributed by atoms with van der Waals surface area (Å²) in [6, 6.07) is 6.66. The van der Waals surface area contributed by atoms with E-state index >= 15 is 0 Å². The zero-order chi connectivity index (χ0) is 17.4. The van der Waals surface area contributed by atoms with E-state index in [1.54, 1.807) is 11.8 Å². The lowest BCUT2D eigenvalue weighted by Crippen LogP contribution is -2.32. The molecular weight excluding hydrogens is 334 g/mol. The quantitative estimate of drug-likeness (QED) is 0.851. The van der Waals surface area contributed by atoms with Gasteiger partial charge < -0.3 is 10.1 Å². The number of rotatable bonds is 3. The van der Waals surface area contributed by atoms with Crippen molar-refractivity contribution in [2.75, 3.05) is 19.7 Å². The number of benzene rings is 1. The van der Waals surface area contributed by atoms with Crippen LogP contribution in [0.4, 0.5) is 0 Å². The first-order valence-electron chi connectivity index (χ1n) is 8.92. The molecule has 5 nitrogen and oxygen atoms in total. The molecule has 2 aliphatic heterocycles. The minimum atomic E-state index is -0.307. The number of ether oxygens (including phenoxy) is 1. The van der Waals surface area contributed by atoms with Crippen LogP contribution >= 0.6 is 11.8 Å². The molecule has 1 fully saturated rings. The first-order valence-corrected chi connectivity index (χ1v) is 9.91. The largest absolute Gasteiger partial charge is 0.461 e. The van der Waals surface area contributed by atoms with E-state index < -0.39 is 0 Å². The number of nitrogens with zero attached hydrogens (tertiary/aromatic N) is 2. The third-order valence-electron chi connectivity index (χ3n) is 4.92. The molecule has 25 heavy (non-hydrogen) atoms. The number of aromatic nitrogens is 2. The first-order chi connectivity index (χ1) is 12.2. The highest BCUT2D eigenvalue weighted by Crippen LogP contribution is 2.45. The lowest BCUT2D eigenvalue weighted by molar-refractivity contribution is 0.0517. The van der Waals surface area contributed by atoms with Crippen molar-refractivity contribution in [3.63, 3.8) is 0 Å². The smallest absolute Gasteiger partial charge is 0.359 e. The zero-order valence-corrected chi connectivity index (χ0v) is 15.5. The maximum atomic E-state index is 12.5. The Bertz CT molecular complexity index is 809. The van der Waals surface area contributed by atoms with Crippen LogP contribution in [-0.2, 0) is 10.5 Å². The third-order valence-corrected chi connectivity index (χ3v) is 6.19. The topological polar surface area (TPSA) is 56.1 Å². The second-order valence-corrected chi connectivity index (χ2v) is 7.57. The third kappa shape index (κ3) is 2.87. The summed E-state index contributed by atoms with van der Waals surface area (Å²) in [6.07, 6.45) is 2.21. The lowest BCUT2D eigenvalue weighted by atomic mass is 10.0. The summed E-state index contributed by atoms with van der Waals surface area (Å²) in [5.41, 5.74) is 5.09. The van der Waals surface area contributed by atoms with Crippen molar-refractivity contribution in [1.82, 2.24) is 15.1 Å². The molecule has 132 valence electrons. The number of nitrogens with one attached hydrogen (secondary N) is 1. The van der Waals surface area contributed by atoms with Gasteiger partial charge in [0.05, 0.1) is 18.3 Å². The maximum absolute atomic E-state index is 12.5. The van der Waals surface area contributed by atoms with E-state index in [2.05, 4.69) is 35.1 Å². The molecule has 1 unspecified atom stereocenters. The number of carbonyl (C=O) groups is 1. The highest BCUT2D eigenvalue weighted by atomic mass is 32.2. The Balaban J connectivity index is 1.88. The van der Waals surface area contributed by atoms with Gasteiger partial charge in [0.2, 0.25) is 0 Å². The summed E-state index contributed by atoms with van der Waals surface area (Å²) in [7, 11) is 0. The fraction of sp³-hybridized carbons (Fsp3) is 0.474. The summed E-state index contributed by atoms with van der Waals surface area (Å²) < 4.78 is 7.36. The monoisotopic (exact) mass is 357 g/mol. The van der Waals surface area contributed by atoms with E-state index in [9.17, 15) is 4.79 Å². The van der Waals surface area contributed by atoms with E-state index in [0.29, 0.717) is 12.3 Å². The zero-order valence-electron chi connectivity index (χ0n) is 14.7. The first kappa shape index (κ1) is 16.7. The minimum absolute atomic E-state index is 0.280. The number of aryl methyl sites for hydroxylation is 1. The highest BCUT2D eigenvalue weighted by molar-refractivity contribution is 7.98. The molecule has 1 N–H and O–H groups in total. The van der Waals surface area contributed by atoms with Gasteiger partial charge in [-0.3, -0.25) is 4.68 Å². The number of thioether (sulfide) groups is 1. The molecule has 1 aromatic heterocycles. The van der Waals surface area contributed by atoms with Crippen LogP contribution in [0, 0.1) is 6.92 Å². The Morgan fingerprint density at radius 3 is 3.12 bits per heavy atom. The number of fused-ring (bicyclic) bond motifs is 3. The fourth-order valence-corrected chi connectivity index (χ4v) is 4.91. The molecule has 1 saturated heterocycles. The number of piperidine rings is 1. The van der Waals surface area contributed by atoms with Gasteiger partial charge in [-0.15, -0.1) is 11.8 Å². The lowest BCUT2D eigenvalue weighted by Gasteiger charge is -2.27. The summed E-state index contributed by atoms with van der Waals surface area (Å²) in [5, 5.41) is 8.21. The van der Waals surface area contributed by atoms with Crippen molar-refractivity contribution in [3.05, 3.63) is 35.0 Å². The molecule has 0 bridgehead atoms. The van der Waals surface area contributed by atoms with Crippen LogP contribution in [0.15, 0.2) is 23.1 Å². The number of hydrogen-bond acceptors (Lipinski definition) is 5. The van der Waals surface area contributed by atoms with Crippen LogP contribution < -0.4 is 5.32 Å². The standard InChI is InChI=1S/C19H23N3O2S/c1-3-24-19(23)16-15-11-25-18-12(2)6-4-8-14(18)17(15)22(21-16)13-7-5-9-20-10-13/h4,6,8,13,20H,3,5,7,9-11H2,1-2H3. The highest BCUT2D eigenvalue weighted by Gasteiger charge is 2.32. The van der Waals surface area contributed by atoms with Crippen LogP contribution in [0.5, 0.6) is 0 Å². The molecule has 0 spiro atoms. The molecule has 2 aromatic rings. The van der Waals surface area contributed by atoms with E-state index in [-0.39, 0.29) is 12.0 Å². The SMILES string of the molecule is CCOC(=O)c1nn(C2CCCNC2)c2c1CSc1c(C)cccc1-2. The van der Waals surface area contributed by atoms with E-state index in [0.717, 1.165) is 42.9 Å². The van der Waals surface area contributed by atoms with Crippen LogP contribution in [0.1, 0.15) is 47.4 Å². The molecule has 1 aromatic carbocycles. The van der Waals surface area contributed by atoms with E-state index in [1.165, 1.54) is 16.0 Å². The van der Waals surface area contributed by atoms with Gasteiger partial charge in [0.1, 0.15) is 0 Å². The van der Waals surface area contributed by atoms with Gasteiger partial charge in [-0.2, -0.15) is 5.10 Å². The van der Waals surface area contributed by atoms with E-state index in [1.807, 2.05) is 6.92 Å². The average Bonchev–Trinajstić information content (AvgIpc) is 3.03. The Morgan fingerprint density at radius 2 is 2.36 bits per heavy atom. The van der Waals surface area contributed by atoms with Gasteiger partial charge >= 0.3 is 5.97 Å². The van der Waals surface area contributed by atoms with Crippen molar-refractivity contribution in [3.8, 4) is 11.3 Å². The van der Waals surface area contributed by atoms with E-state index in [4.69, 9.17) is 9.84 Å². The molecule has 3 heterocycles. The number of esters is 1. The second kappa shape index (κ2) is 6.84. The molecule has 0 aliphatic carbocycles. The van der Waals surface area contributed by atoms with Gasteiger partial charge in [0.25, 0.3) is 0 Å². The predicted octanol–water partition coefficient (Wildman–Crippen LogP) is 3.57. The summed E-state index contributed by atoms with van der Waals surface area (Å²) in [6.45, 7) is 6.29. The van der Waals surface area contributed by atoms with Gasteiger partial charge in [0.15, 0.2) is 5.69 Å². The summed E-state index contributed by atoms with van der Waals surface area (Å²) in [4.78, 5) is 13.8. The van der Waals surface area contributed by atoms with Crippen LogP contribution in [0.2, 0.25) is 0 Å². The van der Waals surface area contributed by atoms with Gasteiger partial charge in [-0.1, -0.05) is 18.2 Å². The fourth-order valence-electron chi connectivity index (χ4n) is 3.74. The Kier molecular flexibility index (Phi) is 4.56. The van der Waals surface area contributed by atoms with Gasteiger partial charge in [0, 0.05) is 28.3 Å². The molecule has 4 rings (SSSR count). The molecule has 6 heteroatoms. The number of hydrogen-bond donors (Lipinski definition) is 1. The van der Waals surface area contributed by atoms with Crippen LogP contribution in [0.25, 0.3) is 11.3 Å².